The van der Waals surface area contributed by atoms with E-state index >= 15 is 0 Å². The highest BCUT2D eigenvalue weighted by molar-refractivity contribution is 5.67. The molecule has 1 aliphatic carbocycles. The van der Waals surface area contributed by atoms with E-state index in [9.17, 15) is 5.26 Å². The van der Waals surface area contributed by atoms with Crippen molar-refractivity contribution >= 4 is 18.0 Å². The Balaban J connectivity index is 1.33. The predicted octanol–water partition coefficient (Wildman–Crippen LogP) is 4.53. The number of aliphatic imine (C=N–C) groups is 1. The van der Waals surface area contributed by atoms with Gasteiger partial charge in [0.25, 0.3) is 5.88 Å². The number of nitriles is 1. The second kappa shape index (κ2) is 13.0. The summed E-state index contributed by atoms with van der Waals surface area (Å²) in [7, 11) is 1.88. The summed E-state index contributed by atoms with van der Waals surface area (Å²) in [6.07, 6.45) is 14.2. The van der Waals surface area contributed by atoms with Crippen LogP contribution in [0.5, 0.6) is 11.6 Å². The molecule has 3 aromatic heterocycles. The smallest absolute Gasteiger partial charge is 0.257 e. The first-order valence-electron chi connectivity index (χ1n) is 13.7. The minimum atomic E-state index is -0.247. The molecule has 0 bridgehead atoms. The van der Waals surface area contributed by atoms with Crippen LogP contribution in [0, 0.1) is 11.3 Å². The maximum atomic E-state index is 9.52. The van der Waals surface area contributed by atoms with Crippen molar-refractivity contribution in [2.75, 3.05) is 11.9 Å². The Morgan fingerprint density at radius 3 is 2.68 bits per heavy atom. The summed E-state index contributed by atoms with van der Waals surface area (Å²) < 4.78 is 15.8. The first-order valence-corrected chi connectivity index (χ1v) is 13.7. The Morgan fingerprint density at radius 2 is 1.98 bits per heavy atom. The molecule has 0 amide bonds. The van der Waals surface area contributed by atoms with Gasteiger partial charge in [-0.05, 0) is 43.5 Å². The molecule has 3 N–H and O–H groups in total. The summed E-state index contributed by atoms with van der Waals surface area (Å²) in [5.41, 5.74) is 8.89. The van der Waals surface area contributed by atoms with Gasteiger partial charge in [-0.1, -0.05) is 25.3 Å². The molecule has 212 valence electrons. The van der Waals surface area contributed by atoms with Gasteiger partial charge < -0.3 is 20.5 Å². The Morgan fingerprint density at radius 1 is 1.17 bits per heavy atom. The average molecular weight is 555 g/mol. The molecule has 1 atom stereocenters. The van der Waals surface area contributed by atoms with Gasteiger partial charge in [0, 0.05) is 31.2 Å². The van der Waals surface area contributed by atoms with Crippen molar-refractivity contribution in [3.8, 4) is 28.8 Å². The second-order valence-electron chi connectivity index (χ2n) is 10.1. The average Bonchev–Trinajstić information content (AvgIpc) is 3.61. The zero-order chi connectivity index (χ0) is 28.6. The van der Waals surface area contributed by atoms with Crippen molar-refractivity contribution < 1.29 is 9.47 Å². The van der Waals surface area contributed by atoms with Crippen LogP contribution in [0.2, 0.25) is 0 Å². The summed E-state index contributed by atoms with van der Waals surface area (Å²) >= 11 is 0. The zero-order valence-corrected chi connectivity index (χ0v) is 23.3. The molecule has 0 unspecified atom stereocenters. The van der Waals surface area contributed by atoms with E-state index in [0.29, 0.717) is 48.0 Å². The topological polar surface area (TPSA) is 154 Å². The minimum absolute atomic E-state index is 0.247. The molecule has 1 aliphatic rings. The lowest BCUT2D eigenvalue weighted by Crippen LogP contribution is -2.16. The highest BCUT2D eigenvalue weighted by Gasteiger charge is 2.20. The van der Waals surface area contributed by atoms with Gasteiger partial charge in [-0.15, -0.1) is 5.10 Å². The number of rotatable bonds is 11. The van der Waals surface area contributed by atoms with Gasteiger partial charge in [-0.2, -0.15) is 10.4 Å². The Labute approximate surface area is 238 Å². The maximum Gasteiger partial charge on any atom is 0.257 e. The van der Waals surface area contributed by atoms with Gasteiger partial charge in [0.2, 0.25) is 5.95 Å². The fourth-order valence-corrected chi connectivity index (χ4v) is 4.80. The number of nitrogens with one attached hydrogen (secondary N) is 1. The molecule has 0 aliphatic heterocycles. The number of nitrogens with two attached hydrogens (primary N) is 1. The monoisotopic (exact) mass is 554 g/mol. The Bertz CT molecular complexity index is 1510. The lowest BCUT2D eigenvalue weighted by molar-refractivity contribution is 0.230. The third-order valence-electron chi connectivity index (χ3n) is 6.90. The van der Waals surface area contributed by atoms with Crippen LogP contribution in [-0.2, 0) is 13.7 Å². The Hall–Kier alpha value is -4.92. The number of anilines is 2. The van der Waals surface area contributed by atoms with Crippen molar-refractivity contribution in [2.45, 2.75) is 57.8 Å². The van der Waals surface area contributed by atoms with Gasteiger partial charge >= 0.3 is 0 Å². The molecule has 5 rings (SSSR count). The van der Waals surface area contributed by atoms with Crippen LogP contribution >= 0.6 is 0 Å². The third kappa shape index (κ3) is 7.00. The van der Waals surface area contributed by atoms with E-state index in [-0.39, 0.29) is 6.10 Å². The van der Waals surface area contributed by atoms with E-state index in [2.05, 4.69) is 31.4 Å². The van der Waals surface area contributed by atoms with E-state index in [1.165, 1.54) is 25.6 Å². The summed E-state index contributed by atoms with van der Waals surface area (Å²) in [5.74, 6) is 1.37. The van der Waals surface area contributed by atoms with Crippen molar-refractivity contribution in [2.24, 2.45) is 17.8 Å². The SMILES string of the molecule is C[C@@H](CN=CN)Oc1cc(-c2cnc(Nc3cn(C4CCCCC4)nc3OCc3ccn(C)n3)nc2)ccc1C#N. The van der Waals surface area contributed by atoms with Crippen LogP contribution in [-0.4, -0.2) is 48.5 Å². The summed E-state index contributed by atoms with van der Waals surface area (Å²) in [4.78, 5) is 13.1. The highest BCUT2D eigenvalue weighted by Crippen LogP contribution is 2.33. The molecule has 12 heteroatoms. The standard InChI is InChI=1S/C29H34N10O2/c1-20(14-32-19-31)41-27-12-21(8-9-22(27)13-30)23-15-33-29(34-16-23)35-26-17-39(25-6-4-3-5-7-25)37-28(26)40-18-24-10-11-38(2)36-24/h8-12,15-17,19-20,25H,3-7,14,18H2,1-2H3,(H2,31,32)(H,33,34,35)/t20-/m0/s1. The molecule has 1 aromatic carbocycles. The van der Waals surface area contributed by atoms with E-state index in [0.717, 1.165) is 29.7 Å². The van der Waals surface area contributed by atoms with Crippen LogP contribution < -0.4 is 20.5 Å². The number of aryl methyl sites for hydroxylation is 1. The Kier molecular flexibility index (Phi) is 8.73. The highest BCUT2D eigenvalue weighted by atomic mass is 16.5. The van der Waals surface area contributed by atoms with Crippen LogP contribution in [0.4, 0.5) is 11.6 Å². The zero-order valence-electron chi connectivity index (χ0n) is 23.3. The maximum absolute atomic E-state index is 9.52. The molecule has 0 spiro atoms. The van der Waals surface area contributed by atoms with E-state index in [4.69, 9.17) is 20.3 Å². The predicted molar refractivity (Wildman–Crippen MR) is 155 cm³/mol. The summed E-state index contributed by atoms with van der Waals surface area (Å²) in [5, 5.41) is 22.0. The quantitative estimate of drug-likeness (QED) is 0.201. The van der Waals surface area contributed by atoms with Gasteiger partial charge in [-0.3, -0.25) is 14.4 Å². The van der Waals surface area contributed by atoms with Gasteiger partial charge in [0.1, 0.15) is 30.2 Å². The number of ether oxygens (including phenoxy) is 2. The number of hydrogen-bond acceptors (Lipinski definition) is 9. The van der Waals surface area contributed by atoms with Crippen molar-refractivity contribution in [1.82, 2.24) is 29.5 Å². The van der Waals surface area contributed by atoms with Gasteiger partial charge in [-0.25, -0.2) is 9.97 Å². The largest absolute Gasteiger partial charge is 0.487 e. The van der Waals surface area contributed by atoms with Crippen molar-refractivity contribution in [1.29, 1.82) is 5.26 Å². The van der Waals surface area contributed by atoms with E-state index in [1.54, 1.807) is 23.1 Å². The number of hydrogen-bond donors (Lipinski definition) is 2. The minimum Gasteiger partial charge on any atom is -0.487 e. The molecule has 0 saturated heterocycles. The van der Waals surface area contributed by atoms with Crippen molar-refractivity contribution in [3.05, 3.63) is 60.3 Å². The number of benzene rings is 1. The first-order chi connectivity index (χ1) is 20.0. The summed E-state index contributed by atoms with van der Waals surface area (Å²) in [6.45, 7) is 2.56. The molecule has 41 heavy (non-hydrogen) atoms. The van der Waals surface area contributed by atoms with Crippen LogP contribution in [0.25, 0.3) is 11.1 Å². The van der Waals surface area contributed by atoms with Crippen molar-refractivity contribution in [3.63, 3.8) is 0 Å². The summed E-state index contributed by atoms with van der Waals surface area (Å²) in [6, 6.07) is 9.81. The molecule has 0 radical (unpaired) electrons. The van der Waals surface area contributed by atoms with Crippen LogP contribution in [0.15, 0.2) is 54.0 Å². The molecular formula is C29H34N10O2. The van der Waals surface area contributed by atoms with Crippen LogP contribution in [0.3, 0.4) is 0 Å². The first kappa shape index (κ1) is 27.6. The molecule has 4 aromatic rings. The lowest BCUT2D eigenvalue weighted by atomic mass is 9.96. The third-order valence-corrected chi connectivity index (χ3v) is 6.90. The van der Waals surface area contributed by atoms with E-state index < -0.39 is 0 Å². The van der Waals surface area contributed by atoms with Gasteiger partial charge in [0.05, 0.1) is 36.4 Å². The molecule has 12 nitrogen and oxygen atoms in total. The fraction of sp³-hybridized carbons (Fsp3) is 0.379. The van der Waals surface area contributed by atoms with Gasteiger partial charge in [0.15, 0.2) is 0 Å². The molecule has 3 heterocycles. The second-order valence-corrected chi connectivity index (χ2v) is 10.1. The molecule has 1 fully saturated rings. The lowest BCUT2D eigenvalue weighted by Gasteiger charge is -2.21. The number of aromatic nitrogens is 6. The van der Waals surface area contributed by atoms with Crippen LogP contribution in [0.1, 0.15) is 56.3 Å². The molecule has 1 saturated carbocycles. The van der Waals surface area contributed by atoms with E-state index in [1.807, 2.05) is 49.2 Å². The number of nitrogens with zero attached hydrogens (tertiary/aromatic N) is 8. The fourth-order valence-electron chi connectivity index (χ4n) is 4.80. The normalized spacial score (nSPS) is 14.6. The molecular weight excluding hydrogens is 520 g/mol.